The Morgan fingerprint density at radius 1 is 0.824 bits per heavy atom. The van der Waals surface area contributed by atoms with E-state index in [0.717, 1.165) is 48.7 Å². The molecule has 1 fully saturated rings. The van der Waals surface area contributed by atoms with Crippen LogP contribution in [0.4, 0.5) is 11.4 Å². The van der Waals surface area contributed by atoms with E-state index in [9.17, 15) is 4.79 Å². The molecule has 5 rings (SSSR count). The average molecular weight is 452 g/mol. The molecule has 1 aliphatic rings. The molecule has 6 nitrogen and oxygen atoms in total. The van der Waals surface area contributed by atoms with Gasteiger partial charge in [0, 0.05) is 49.3 Å². The van der Waals surface area contributed by atoms with Crippen molar-refractivity contribution in [2.24, 2.45) is 0 Å². The van der Waals surface area contributed by atoms with Gasteiger partial charge in [0.15, 0.2) is 0 Å². The molecule has 1 amide bonds. The molecule has 0 unspecified atom stereocenters. The Morgan fingerprint density at radius 3 is 2.18 bits per heavy atom. The molecule has 0 atom stereocenters. The molecule has 0 spiro atoms. The minimum Gasteiger partial charge on any atom is -0.369 e. The first-order valence-corrected chi connectivity index (χ1v) is 11.6. The van der Waals surface area contributed by atoms with Crippen LogP contribution in [0.2, 0.25) is 0 Å². The van der Waals surface area contributed by atoms with Crippen LogP contribution in [0.1, 0.15) is 15.9 Å². The third kappa shape index (κ3) is 4.72. The zero-order chi connectivity index (χ0) is 23.5. The predicted molar refractivity (Wildman–Crippen MR) is 138 cm³/mol. The highest BCUT2D eigenvalue weighted by atomic mass is 16.1. The van der Waals surface area contributed by atoms with Gasteiger partial charge >= 0.3 is 0 Å². The molecule has 2 heterocycles. The van der Waals surface area contributed by atoms with Crippen LogP contribution in [0.25, 0.3) is 16.9 Å². The van der Waals surface area contributed by atoms with Crippen molar-refractivity contribution >= 4 is 17.3 Å². The first kappa shape index (κ1) is 21.9. The second-order valence-electron chi connectivity index (χ2n) is 8.83. The van der Waals surface area contributed by atoms with Gasteiger partial charge in [0.2, 0.25) is 0 Å². The van der Waals surface area contributed by atoms with Crippen LogP contribution >= 0.6 is 0 Å². The first-order valence-electron chi connectivity index (χ1n) is 11.6. The van der Waals surface area contributed by atoms with Gasteiger partial charge in [-0.2, -0.15) is 5.10 Å². The normalized spacial score (nSPS) is 14.2. The molecular formula is C28H29N5O. The lowest BCUT2D eigenvalue weighted by molar-refractivity contribution is 0.102. The molecule has 1 aliphatic heterocycles. The van der Waals surface area contributed by atoms with E-state index in [1.807, 2.05) is 73.7 Å². The molecule has 0 saturated carbocycles. The summed E-state index contributed by atoms with van der Waals surface area (Å²) in [4.78, 5) is 18.1. The van der Waals surface area contributed by atoms with Crippen molar-refractivity contribution in [1.29, 1.82) is 0 Å². The number of piperazine rings is 1. The Morgan fingerprint density at radius 2 is 1.50 bits per heavy atom. The van der Waals surface area contributed by atoms with E-state index in [-0.39, 0.29) is 5.91 Å². The molecule has 172 valence electrons. The summed E-state index contributed by atoms with van der Waals surface area (Å²) >= 11 is 0. The molecule has 1 N–H and O–H groups in total. The van der Waals surface area contributed by atoms with Crippen LogP contribution in [0.15, 0.2) is 85.1 Å². The van der Waals surface area contributed by atoms with Crippen LogP contribution in [0, 0.1) is 6.92 Å². The topological polar surface area (TPSA) is 53.4 Å². The van der Waals surface area contributed by atoms with Crippen LogP contribution in [0.3, 0.4) is 0 Å². The van der Waals surface area contributed by atoms with E-state index in [1.54, 1.807) is 10.9 Å². The van der Waals surface area contributed by atoms with Crippen LogP contribution in [-0.2, 0) is 0 Å². The van der Waals surface area contributed by atoms with Gasteiger partial charge in [-0.25, -0.2) is 4.68 Å². The standard InChI is InChI=1S/C28H29N5O/c1-21-8-10-22(11-9-21)27-26(20-33(30-27)25-6-4-3-5-7-25)28(34)29-23-12-14-24(15-13-23)32-18-16-31(2)17-19-32/h3-15,20H,16-19H2,1-2H3,(H,29,34). The molecule has 0 bridgehead atoms. The van der Waals surface area contributed by atoms with E-state index in [0.29, 0.717) is 11.3 Å². The number of carbonyl (C=O) groups is 1. The number of para-hydroxylation sites is 1. The molecule has 0 aliphatic carbocycles. The van der Waals surface area contributed by atoms with Crippen LogP contribution in [-0.4, -0.2) is 53.8 Å². The molecule has 0 radical (unpaired) electrons. The summed E-state index contributed by atoms with van der Waals surface area (Å²) in [6, 6.07) is 26.0. The van der Waals surface area contributed by atoms with Crippen LogP contribution < -0.4 is 10.2 Å². The maximum Gasteiger partial charge on any atom is 0.259 e. The van der Waals surface area contributed by atoms with Crippen molar-refractivity contribution < 1.29 is 4.79 Å². The third-order valence-electron chi connectivity index (χ3n) is 6.30. The highest BCUT2D eigenvalue weighted by Gasteiger charge is 2.19. The summed E-state index contributed by atoms with van der Waals surface area (Å²) in [6.07, 6.45) is 1.80. The lowest BCUT2D eigenvalue weighted by Crippen LogP contribution is -2.44. The molecular weight excluding hydrogens is 422 g/mol. The molecule has 3 aromatic carbocycles. The second kappa shape index (κ2) is 9.53. The zero-order valence-corrected chi connectivity index (χ0v) is 19.6. The van der Waals surface area contributed by atoms with Gasteiger partial charge in [-0.1, -0.05) is 48.0 Å². The third-order valence-corrected chi connectivity index (χ3v) is 6.30. The van der Waals surface area contributed by atoms with Gasteiger partial charge in [0.1, 0.15) is 5.69 Å². The largest absolute Gasteiger partial charge is 0.369 e. The molecule has 1 saturated heterocycles. The van der Waals surface area contributed by atoms with Crippen molar-refractivity contribution in [2.75, 3.05) is 43.4 Å². The summed E-state index contributed by atoms with van der Waals surface area (Å²) in [7, 11) is 2.15. The number of anilines is 2. The SMILES string of the molecule is Cc1ccc(-c2nn(-c3ccccc3)cc2C(=O)Nc2ccc(N3CCN(C)CC3)cc2)cc1. The summed E-state index contributed by atoms with van der Waals surface area (Å²) in [5.41, 5.74) is 6.14. The number of rotatable bonds is 5. The van der Waals surface area contributed by atoms with Gasteiger partial charge in [0.05, 0.1) is 11.3 Å². The number of likely N-dealkylation sites (N-methyl/N-ethyl adjacent to an activating group) is 1. The van der Waals surface area contributed by atoms with Gasteiger partial charge < -0.3 is 15.1 Å². The Labute approximate surface area is 200 Å². The van der Waals surface area contributed by atoms with E-state index in [4.69, 9.17) is 5.10 Å². The maximum atomic E-state index is 13.4. The van der Waals surface area contributed by atoms with Crippen molar-refractivity contribution in [3.8, 4) is 16.9 Å². The summed E-state index contributed by atoms with van der Waals surface area (Å²) < 4.78 is 1.76. The Hall–Kier alpha value is -3.90. The van der Waals surface area contributed by atoms with Crippen molar-refractivity contribution in [2.45, 2.75) is 6.92 Å². The number of carbonyl (C=O) groups excluding carboxylic acids is 1. The van der Waals surface area contributed by atoms with Gasteiger partial charge in [0.25, 0.3) is 5.91 Å². The molecule has 34 heavy (non-hydrogen) atoms. The minimum absolute atomic E-state index is 0.176. The second-order valence-corrected chi connectivity index (χ2v) is 8.83. The van der Waals surface area contributed by atoms with E-state index in [2.05, 4.69) is 34.3 Å². The fraction of sp³-hybridized carbons (Fsp3) is 0.214. The fourth-order valence-electron chi connectivity index (χ4n) is 4.20. The fourth-order valence-corrected chi connectivity index (χ4v) is 4.20. The smallest absolute Gasteiger partial charge is 0.259 e. The van der Waals surface area contributed by atoms with E-state index >= 15 is 0 Å². The highest BCUT2D eigenvalue weighted by molar-refractivity contribution is 6.08. The molecule has 4 aromatic rings. The number of aryl methyl sites for hydroxylation is 1. The van der Waals surface area contributed by atoms with Gasteiger partial charge in [-0.3, -0.25) is 4.79 Å². The zero-order valence-electron chi connectivity index (χ0n) is 19.6. The number of aromatic nitrogens is 2. The monoisotopic (exact) mass is 451 g/mol. The Kier molecular flexibility index (Phi) is 6.14. The summed E-state index contributed by atoms with van der Waals surface area (Å²) in [5, 5.41) is 7.83. The lowest BCUT2D eigenvalue weighted by Gasteiger charge is -2.34. The van der Waals surface area contributed by atoms with E-state index < -0.39 is 0 Å². The van der Waals surface area contributed by atoms with Crippen molar-refractivity contribution in [1.82, 2.24) is 14.7 Å². The number of hydrogen-bond donors (Lipinski definition) is 1. The summed E-state index contributed by atoms with van der Waals surface area (Å²) in [5.74, 6) is -0.176. The maximum absolute atomic E-state index is 13.4. The van der Waals surface area contributed by atoms with Crippen molar-refractivity contribution in [3.05, 3.63) is 96.2 Å². The summed E-state index contributed by atoms with van der Waals surface area (Å²) in [6.45, 7) is 6.20. The predicted octanol–water partition coefficient (Wildman–Crippen LogP) is 4.85. The van der Waals surface area contributed by atoms with E-state index in [1.165, 1.54) is 5.69 Å². The average Bonchev–Trinajstić information content (AvgIpc) is 3.32. The quantitative estimate of drug-likeness (QED) is 0.471. The van der Waals surface area contributed by atoms with Crippen LogP contribution in [0.5, 0.6) is 0 Å². The number of nitrogens with zero attached hydrogens (tertiary/aromatic N) is 4. The van der Waals surface area contributed by atoms with Crippen molar-refractivity contribution in [3.63, 3.8) is 0 Å². The molecule has 1 aromatic heterocycles. The Balaban J connectivity index is 1.40. The Bertz CT molecular complexity index is 1250. The first-order chi connectivity index (χ1) is 16.6. The number of hydrogen-bond acceptors (Lipinski definition) is 4. The highest BCUT2D eigenvalue weighted by Crippen LogP contribution is 2.26. The van der Waals surface area contributed by atoms with Gasteiger partial charge in [-0.05, 0) is 50.4 Å². The number of benzene rings is 3. The number of nitrogens with one attached hydrogen (secondary N) is 1. The molecule has 6 heteroatoms. The number of amides is 1. The lowest BCUT2D eigenvalue weighted by atomic mass is 10.1. The minimum atomic E-state index is -0.176. The van der Waals surface area contributed by atoms with Gasteiger partial charge in [-0.15, -0.1) is 0 Å².